The summed E-state index contributed by atoms with van der Waals surface area (Å²) in [4.78, 5) is 2.48. The van der Waals surface area contributed by atoms with E-state index in [0.717, 1.165) is 11.4 Å². The molecule has 0 fully saturated rings. The van der Waals surface area contributed by atoms with E-state index in [1.54, 1.807) is 0 Å². The Morgan fingerprint density at radius 1 is 0.429 bits per heavy atom. The second kappa shape index (κ2) is 12.6. The standard InChI is InChI=1S/C54H46N2/c1-53(2,3)38-24-26-39(27-25-38)55(40-28-31-46(54(4,5)6)45(34-40)35-14-8-7-9-15-35)49-32-22-36-21-30-44-50(33-23-37-20-29-43(49)51(36)52(37)44)56-47-18-12-10-16-41(47)42-17-11-13-19-48(42)56/h7-34H,1-6H3. The molecular formula is C54H46N2. The second-order valence-electron chi connectivity index (χ2n) is 17.4. The Labute approximate surface area is 329 Å². The van der Waals surface area contributed by atoms with Gasteiger partial charge in [-0.25, -0.2) is 0 Å². The maximum Gasteiger partial charge on any atom is 0.0541 e. The van der Waals surface area contributed by atoms with E-state index in [2.05, 4.69) is 221 Å². The number of fused-ring (bicyclic) bond motifs is 3. The van der Waals surface area contributed by atoms with E-state index in [1.807, 2.05) is 0 Å². The molecule has 272 valence electrons. The zero-order valence-electron chi connectivity index (χ0n) is 33.1. The van der Waals surface area contributed by atoms with Crippen molar-refractivity contribution in [3.8, 4) is 16.8 Å². The van der Waals surface area contributed by atoms with E-state index >= 15 is 0 Å². The summed E-state index contributed by atoms with van der Waals surface area (Å²) in [5.41, 5.74) is 12.3. The second-order valence-corrected chi connectivity index (χ2v) is 17.4. The van der Waals surface area contributed by atoms with Crippen LogP contribution in [0.5, 0.6) is 0 Å². The van der Waals surface area contributed by atoms with Crippen molar-refractivity contribution in [2.24, 2.45) is 0 Å². The number of hydrogen-bond acceptors (Lipinski definition) is 1. The molecule has 0 radical (unpaired) electrons. The molecule has 2 nitrogen and oxygen atoms in total. The Bertz CT molecular complexity index is 3030. The fraction of sp³-hybridized carbons (Fsp3) is 0.148. The quantitative estimate of drug-likeness (QED) is 0.161. The first-order valence-corrected chi connectivity index (χ1v) is 19.9. The highest BCUT2D eigenvalue weighted by molar-refractivity contribution is 6.27. The summed E-state index contributed by atoms with van der Waals surface area (Å²) in [6.07, 6.45) is 0. The first-order valence-electron chi connectivity index (χ1n) is 19.9. The maximum atomic E-state index is 2.48. The highest BCUT2D eigenvalue weighted by atomic mass is 15.1. The third-order valence-corrected chi connectivity index (χ3v) is 11.8. The van der Waals surface area contributed by atoms with Crippen LogP contribution in [0.4, 0.5) is 17.1 Å². The minimum atomic E-state index is -0.0238. The molecule has 10 aromatic rings. The van der Waals surface area contributed by atoms with E-state index in [-0.39, 0.29) is 10.8 Å². The van der Waals surface area contributed by atoms with Crippen LogP contribution in [0.3, 0.4) is 0 Å². The largest absolute Gasteiger partial charge is 0.310 e. The predicted molar refractivity (Wildman–Crippen MR) is 242 cm³/mol. The van der Waals surface area contributed by atoms with Crippen LogP contribution in [0.2, 0.25) is 0 Å². The molecule has 0 aliphatic rings. The van der Waals surface area contributed by atoms with Crippen LogP contribution < -0.4 is 4.90 Å². The highest BCUT2D eigenvalue weighted by Crippen LogP contribution is 2.47. The van der Waals surface area contributed by atoms with E-state index in [0.29, 0.717) is 0 Å². The van der Waals surface area contributed by atoms with Gasteiger partial charge in [-0.1, -0.05) is 163 Å². The first kappa shape index (κ1) is 34.1. The molecule has 0 aliphatic carbocycles. The molecule has 0 spiro atoms. The van der Waals surface area contributed by atoms with Gasteiger partial charge in [-0.05, 0) is 103 Å². The van der Waals surface area contributed by atoms with Gasteiger partial charge >= 0.3 is 0 Å². The highest BCUT2D eigenvalue weighted by Gasteiger charge is 2.25. The molecule has 9 aromatic carbocycles. The van der Waals surface area contributed by atoms with Gasteiger partial charge in [0.25, 0.3) is 0 Å². The molecule has 0 unspecified atom stereocenters. The number of anilines is 3. The molecule has 0 saturated heterocycles. The van der Waals surface area contributed by atoms with Crippen LogP contribution in [0.1, 0.15) is 52.7 Å². The summed E-state index contributed by atoms with van der Waals surface area (Å²) >= 11 is 0. The number of nitrogens with zero attached hydrogens (tertiary/aromatic N) is 2. The normalized spacial score (nSPS) is 12.5. The van der Waals surface area contributed by atoms with Crippen LogP contribution >= 0.6 is 0 Å². The number of rotatable bonds is 5. The van der Waals surface area contributed by atoms with Gasteiger partial charge in [-0.2, -0.15) is 0 Å². The Morgan fingerprint density at radius 3 is 1.62 bits per heavy atom. The molecule has 1 aromatic heterocycles. The number of para-hydroxylation sites is 2. The molecule has 2 heteroatoms. The smallest absolute Gasteiger partial charge is 0.0541 e. The minimum Gasteiger partial charge on any atom is -0.310 e. The third kappa shape index (κ3) is 5.39. The molecule has 0 N–H and O–H groups in total. The average molecular weight is 723 g/mol. The van der Waals surface area contributed by atoms with Crippen molar-refractivity contribution in [3.05, 3.63) is 181 Å². The van der Waals surface area contributed by atoms with Crippen molar-refractivity contribution < 1.29 is 0 Å². The average Bonchev–Trinajstić information content (AvgIpc) is 3.54. The lowest BCUT2D eigenvalue weighted by molar-refractivity contribution is 0.590. The van der Waals surface area contributed by atoms with Gasteiger partial charge in [-0.3, -0.25) is 0 Å². The zero-order valence-corrected chi connectivity index (χ0v) is 33.1. The minimum absolute atomic E-state index is 0.0238. The third-order valence-electron chi connectivity index (χ3n) is 11.8. The number of benzene rings is 9. The molecular weight excluding hydrogens is 677 g/mol. The monoisotopic (exact) mass is 722 g/mol. The van der Waals surface area contributed by atoms with Crippen molar-refractivity contribution in [1.29, 1.82) is 0 Å². The van der Waals surface area contributed by atoms with Crippen molar-refractivity contribution in [2.75, 3.05) is 4.90 Å². The van der Waals surface area contributed by atoms with Crippen LogP contribution in [-0.2, 0) is 10.8 Å². The van der Waals surface area contributed by atoms with Crippen LogP contribution in [0.25, 0.3) is 70.9 Å². The summed E-state index contributed by atoms with van der Waals surface area (Å²) in [6, 6.07) is 63.4. The molecule has 0 saturated carbocycles. The molecule has 10 rings (SSSR count). The van der Waals surface area contributed by atoms with E-state index in [1.165, 1.54) is 87.8 Å². The molecule has 0 bridgehead atoms. The Morgan fingerprint density at radius 2 is 0.982 bits per heavy atom. The lowest BCUT2D eigenvalue weighted by atomic mass is 9.81. The van der Waals surface area contributed by atoms with Gasteiger partial charge in [0.05, 0.1) is 22.4 Å². The lowest BCUT2D eigenvalue weighted by Gasteiger charge is -2.31. The molecule has 0 aliphatic heterocycles. The van der Waals surface area contributed by atoms with E-state index in [9.17, 15) is 0 Å². The first-order chi connectivity index (χ1) is 27.1. The topological polar surface area (TPSA) is 8.17 Å². The Hall–Kier alpha value is -6.38. The summed E-state index contributed by atoms with van der Waals surface area (Å²) in [6.45, 7) is 13.8. The summed E-state index contributed by atoms with van der Waals surface area (Å²) in [5, 5.41) is 10.1. The van der Waals surface area contributed by atoms with E-state index in [4.69, 9.17) is 0 Å². The van der Waals surface area contributed by atoms with Crippen LogP contribution in [0.15, 0.2) is 170 Å². The van der Waals surface area contributed by atoms with Crippen molar-refractivity contribution >= 4 is 71.2 Å². The van der Waals surface area contributed by atoms with Gasteiger partial charge in [0.2, 0.25) is 0 Å². The van der Waals surface area contributed by atoms with Gasteiger partial charge in [0.1, 0.15) is 0 Å². The van der Waals surface area contributed by atoms with E-state index < -0.39 is 0 Å². The van der Waals surface area contributed by atoms with Gasteiger partial charge < -0.3 is 9.47 Å². The van der Waals surface area contributed by atoms with Crippen molar-refractivity contribution in [2.45, 2.75) is 52.4 Å². The number of aromatic nitrogens is 1. The predicted octanol–water partition coefficient (Wildman–Crippen LogP) is 15.4. The zero-order chi connectivity index (χ0) is 38.3. The molecule has 0 amide bonds. The lowest BCUT2D eigenvalue weighted by Crippen LogP contribution is -2.16. The molecule has 1 heterocycles. The molecule has 56 heavy (non-hydrogen) atoms. The number of hydrogen-bond donors (Lipinski definition) is 0. The Kier molecular flexibility index (Phi) is 7.67. The SMILES string of the molecule is CC(C)(C)c1ccc(N(c2ccc(C(C)(C)C)c(-c3ccccc3)c2)c2ccc3ccc4c(-n5c6ccccc6c6ccccc65)ccc5ccc2c3c54)cc1. The summed E-state index contributed by atoms with van der Waals surface area (Å²) in [5.74, 6) is 0. The van der Waals surface area contributed by atoms with Crippen molar-refractivity contribution in [3.63, 3.8) is 0 Å². The summed E-state index contributed by atoms with van der Waals surface area (Å²) in [7, 11) is 0. The van der Waals surface area contributed by atoms with Gasteiger partial charge in [0.15, 0.2) is 0 Å². The fourth-order valence-corrected chi connectivity index (χ4v) is 9.06. The van der Waals surface area contributed by atoms with Crippen LogP contribution in [-0.4, -0.2) is 4.57 Å². The Balaban J connectivity index is 1.25. The summed E-state index contributed by atoms with van der Waals surface area (Å²) < 4.78 is 2.46. The molecule has 0 atom stereocenters. The van der Waals surface area contributed by atoms with Gasteiger partial charge in [-0.15, -0.1) is 0 Å². The fourth-order valence-electron chi connectivity index (χ4n) is 9.06. The van der Waals surface area contributed by atoms with Crippen molar-refractivity contribution in [1.82, 2.24) is 4.57 Å². The van der Waals surface area contributed by atoms with Gasteiger partial charge in [0, 0.05) is 32.9 Å². The van der Waals surface area contributed by atoms with Crippen LogP contribution in [0, 0.1) is 0 Å². The maximum absolute atomic E-state index is 2.48.